The summed E-state index contributed by atoms with van der Waals surface area (Å²) in [6.07, 6.45) is 2.58. The molecule has 0 saturated heterocycles. The first-order chi connectivity index (χ1) is 13.0. The monoisotopic (exact) mass is 404 g/mol. The SMILES string of the molecule is CCCn1c(SCC(=O)Nc2cc(Cl)ccc2C)nnc1-c1ccoc1C. The molecule has 27 heavy (non-hydrogen) atoms. The summed E-state index contributed by atoms with van der Waals surface area (Å²) < 4.78 is 7.41. The number of rotatable bonds is 7. The summed E-state index contributed by atoms with van der Waals surface area (Å²) in [6.45, 7) is 6.68. The van der Waals surface area contributed by atoms with Gasteiger partial charge in [-0.1, -0.05) is 36.4 Å². The number of carbonyl (C=O) groups excluding carboxylic acids is 1. The van der Waals surface area contributed by atoms with E-state index in [1.54, 1.807) is 18.4 Å². The maximum Gasteiger partial charge on any atom is 0.234 e. The zero-order chi connectivity index (χ0) is 19.4. The molecule has 0 saturated carbocycles. The van der Waals surface area contributed by atoms with Crippen LogP contribution in [-0.2, 0) is 11.3 Å². The second-order valence-electron chi connectivity index (χ2n) is 6.14. The van der Waals surface area contributed by atoms with Crippen LogP contribution in [0.25, 0.3) is 11.4 Å². The Morgan fingerprint density at radius 1 is 1.30 bits per heavy atom. The summed E-state index contributed by atoms with van der Waals surface area (Å²) in [6, 6.07) is 7.31. The number of hydrogen-bond acceptors (Lipinski definition) is 5. The number of anilines is 1. The number of nitrogens with one attached hydrogen (secondary N) is 1. The average molecular weight is 405 g/mol. The fraction of sp³-hybridized carbons (Fsp3) is 0.316. The normalized spacial score (nSPS) is 11.0. The lowest BCUT2D eigenvalue weighted by molar-refractivity contribution is -0.113. The third kappa shape index (κ3) is 4.54. The second-order valence-corrected chi connectivity index (χ2v) is 7.52. The lowest BCUT2D eigenvalue weighted by atomic mass is 10.2. The number of halogens is 1. The molecule has 2 heterocycles. The quantitative estimate of drug-likeness (QED) is 0.564. The molecular formula is C19H21ClN4O2S. The highest BCUT2D eigenvalue weighted by Crippen LogP contribution is 2.27. The van der Waals surface area contributed by atoms with Crippen molar-refractivity contribution >= 4 is 35.0 Å². The minimum absolute atomic E-state index is 0.113. The molecule has 0 aliphatic heterocycles. The van der Waals surface area contributed by atoms with Gasteiger partial charge in [0.2, 0.25) is 5.91 Å². The molecule has 1 amide bonds. The van der Waals surface area contributed by atoms with Crippen LogP contribution in [0.1, 0.15) is 24.7 Å². The molecular weight excluding hydrogens is 384 g/mol. The van der Waals surface area contributed by atoms with Gasteiger partial charge in [-0.25, -0.2) is 0 Å². The van der Waals surface area contributed by atoms with E-state index in [2.05, 4.69) is 22.4 Å². The van der Waals surface area contributed by atoms with Crippen LogP contribution in [0.15, 0.2) is 40.1 Å². The van der Waals surface area contributed by atoms with Crippen LogP contribution in [0.2, 0.25) is 5.02 Å². The van der Waals surface area contributed by atoms with Crippen LogP contribution in [0.5, 0.6) is 0 Å². The van der Waals surface area contributed by atoms with E-state index in [1.165, 1.54) is 11.8 Å². The van der Waals surface area contributed by atoms with E-state index < -0.39 is 0 Å². The summed E-state index contributed by atoms with van der Waals surface area (Å²) in [5.41, 5.74) is 2.60. The maximum absolute atomic E-state index is 12.4. The molecule has 3 aromatic rings. The number of hydrogen-bond donors (Lipinski definition) is 1. The number of aromatic nitrogens is 3. The van der Waals surface area contributed by atoms with Crippen molar-refractivity contribution in [2.24, 2.45) is 0 Å². The fourth-order valence-corrected chi connectivity index (χ4v) is 3.62. The Hall–Kier alpha value is -2.25. The molecule has 2 aromatic heterocycles. The van der Waals surface area contributed by atoms with Crippen LogP contribution in [-0.4, -0.2) is 26.4 Å². The van der Waals surface area contributed by atoms with Crippen molar-refractivity contribution < 1.29 is 9.21 Å². The van der Waals surface area contributed by atoms with Crippen molar-refractivity contribution in [3.05, 3.63) is 46.9 Å². The highest BCUT2D eigenvalue weighted by molar-refractivity contribution is 7.99. The first-order valence-corrected chi connectivity index (χ1v) is 10.0. The van der Waals surface area contributed by atoms with Crippen molar-refractivity contribution in [1.82, 2.24) is 14.8 Å². The van der Waals surface area contributed by atoms with Gasteiger partial charge < -0.3 is 14.3 Å². The highest BCUT2D eigenvalue weighted by Gasteiger charge is 2.18. The van der Waals surface area contributed by atoms with Crippen LogP contribution in [0.4, 0.5) is 5.69 Å². The smallest absolute Gasteiger partial charge is 0.234 e. The predicted octanol–water partition coefficient (Wildman–Crippen LogP) is 4.95. The Labute approximate surface area is 167 Å². The fourth-order valence-electron chi connectivity index (χ4n) is 2.68. The largest absolute Gasteiger partial charge is 0.469 e. The van der Waals surface area contributed by atoms with E-state index >= 15 is 0 Å². The Morgan fingerprint density at radius 2 is 2.11 bits per heavy atom. The van der Waals surface area contributed by atoms with Crippen LogP contribution in [0, 0.1) is 13.8 Å². The molecule has 0 aliphatic carbocycles. The number of carbonyl (C=O) groups is 1. The van der Waals surface area contributed by atoms with Crippen LogP contribution < -0.4 is 5.32 Å². The summed E-state index contributed by atoms with van der Waals surface area (Å²) >= 11 is 7.37. The van der Waals surface area contributed by atoms with Gasteiger partial charge in [-0.05, 0) is 44.0 Å². The van der Waals surface area contributed by atoms with Crippen molar-refractivity contribution in [3.63, 3.8) is 0 Å². The Morgan fingerprint density at radius 3 is 2.81 bits per heavy atom. The first-order valence-electron chi connectivity index (χ1n) is 8.66. The van der Waals surface area contributed by atoms with Crippen molar-refractivity contribution in [2.45, 2.75) is 38.9 Å². The molecule has 1 aromatic carbocycles. The first kappa shape index (κ1) is 19.5. The number of thioether (sulfide) groups is 1. The minimum atomic E-state index is -0.113. The molecule has 6 nitrogen and oxygen atoms in total. The standard InChI is InChI=1S/C19H21ClN4O2S/c1-4-8-24-18(15-7-9-26-13(15)3)22-23-19(24)27-11-17(25)21-16-10-14(20)6-5-12(16)2/h5-7,9-10H,4,8,11H2,1-3H3,(H,21,25). The number of furan rings is 1. The third-order valence-electron chi connectivity index (χ3n) is 4.07. The Balaban J connectivity index is 1.72. The number of benzene rings is 1. The molecule has 0 atom stereocenters. The van der Waals surface area contributed by atoms with Gasteiger partial charge in [0.25, 0.3) is 0 Å². The number of amides is 1. The van der Waals surface area contributed by atoms with E-state index in [9.17, 15) is 4.79 Å². The van der Waals surface area contributed by atoms with Gasteiger partial charge in [-0.15, -0.1) is 10.2 Å². The molecule has 0 bridgehead atoms. The van der Waals surface area contributed by atoms with Crippen molar-refractivity contribution in [2.75, 3.05) is 11.1 Å². The molecule has 0 fully saturated rings. The van der Waals surface area contributed by atoms with Gasteiger partial charge in [-0.3, -0.25) is 4.79 Å². The van der Waals surface area contributed by atoms with E-state index in [4.69, 9.17) is 16.0 Å². The zero-order valence-corrected chi connectivity index (χ0v) is 17.0. The topological polar surface area (TPSA) is 73.0 Å². The van der Waals surface area contributed by atoms with Gasteiger partial charge in [0.05, 0.1) is 17.6 Å². The van der Waals surface area contributed by atoms with E-state index in [0.717, 1.165) is 41.4 Å². The van der Waals surface area contributed by atoms with Crippen LogP contribution in [0.3, 0.4) is 0 Å². The highest BCUT2D eigenvalue weighted by atomic mass is 35.5. The Bertz CT molecular complexity index is 951. The molecule has 0 unspecified atom stereocenters. The minimum Gasteiger partial charge on any atom is -0.469 e. The van der Waals surface area contributed by atoms with Gasteiger partial charge >= 0.3 is 0 Å². The molecule has 1 N–H and O–H groups in total. The molecule has 0 spiro atoms. The van der Waals surface area contributed by atoms with E-state index in [1.807, 2.05) is 30.5 Å². The van der Waals surface area contributed by atoms with Gasteiger partial charge in [-0.2, -0.15) is 0 Å². The average Bonchev–Trinajstić information content (AvgIpc) is 3.22. The number of aryl methyl sites for hydroxylation is 2. The van der Waals surface area contributed by atoms with Crippen LogP contribution >= 0.6 is 23.4 Å². The molecule has 3 rings (SSSR count). The summed E-state index contributed by atoms with van der Waals surface area (Å²) in [5, 5.41) is 12.8. The van der Waals surface area contributed by atoms with Gasteiger partial charge in [0.1, 0.15) is 5.76 Å². The van der Waals surface area contributed by atoms with E-state index in [-0.39, 0.29) is 11.7 Å². The third-order valence-corrected chi connectivity index (χ3v) is 5.27. The lowest BCUT2D eigenvalue weighted by Gasteiger charge is -2.10. The molecule has 0 aliphatic rings. The maximum atomic E-state index is 12.4. The molecule has 0 radical (unpaired) electrons. The van der Waals surface area contributed by atoms with E-state index in [0.29, 0.717) is 10.2 Å². The predicted molar refractivity (Wildman–Crippen MR) is 108 cm³/mol. The summed E-state index contributed by atoms with van der Waals surface area (Å²) in [4.78, 5) is 12.4. The molecule has 142 valence electrons. The van der Waals surface area contributed by atoms with Gasteiger partial charge in [0.15, 0.2) is 11.0 Å². The second kappa shape index (κ2) is 8.63. The number of nitrogens with zero attached hydrogens (tertiary/aromatic N) is 3. The summed E-state index contributed by atoms with van der Waals surface area (Å²) in [5.74, 6) is 1.68. The summed E-state index contributed by atoms with van der Waals surface area (Å²) in [7, 11) is 0. The zero-order valence-electron chi connectivity index (χ0n) is 15.5. The van der Waals surface area contributed by atoms with Gasteiger partial charge in [0, 0.05) is 17.3 Å². The van der Waals surface area contributed by atoms with Crippen molar-refractivity contribution in [3.8, 4) is 11.4 Å². The Kier molecular flexibility index (Phi) is 6.23. The van der Waals surface area contributed by atoms with Crippen molar-refractivity contribution in [1.29, 1.82) is 0 Å². The molecule has 8 heteroatoms. The lowest BCUT2D eigenvalue weighted by Crippen LogP contribution is -2.15.